The fourth-order valence-electron chi connectivity index (χ4n) is 3.16. The summed E-state index contributed by atoms with van der Waals surface area (Å²) in [7, 11) is 0. The lowest BCUT2D eigenvalue weighted by atomic mass is 9.81. The molecule has 0 saturated heterocycles. The van der Waals surface area contributed by atoms with E-state index in [4.69, 9.17) is 9.63 Å². The van der Waals surface area contributed by atoms with E-state index < -0.39 is 11.9 Å². The van der Waals surface area contributed by atoms with Gasteiger partial charge in [0.1, 0.15) is 5.76 Å². The van der Waals surface area contributed by atoms with Gasteiger partial charge < -0.3 is 14.9 Å². The number of nitrogens with one attached hydrogen (secondary N) is 1. The first-order valence-electron chi connectivity index (χ1n) is 7.36. The predicted octanol–water partition coefficient (Wildman–Crippen LogP) is 2.36. The number of carbonyl (C=O) groups excluding carboxylic acids is 1. The largest absolute Gasteiger partial charge is 0.481 e. The Morgan fingerprint density at radius 1 is 1.33 bits per heavy atom. The van der Waals surface area contributed by atoms with Gasteiger partial charge in [0, 0.05) is 11.5 Å². The molecule has 3 atom stereocenters. The molecular weight excluding hydrogens is 272 g/mol. The number of rotatable bonds is 4. The summed E-state index contributed by atoms with van der Waals surface area (Å²) in [6.07, 6.45) is 2.63. The highest BCUT2D eigenvalue weighted by molar-refractivity contribution is 5.80. The van der Waals surface area contributed by atoms with E-state index in [2.05, 4.69) is 10.5 Å². The van der Waals surface area contributed by atoms with E-state index >= 15 is 0 Å². The van der Waals surface area contributed by atoms with E-state index in [-0.39, 0.29) is 17.9 Å². The summed E-state index contributed by atoms with van der Waals surface area (Å²) < 4.78 is 5.11. The molecule has 1 saturated carbocycles. The Bertz CT molecular complexity index is 518. The molecule has 21 heavy (non-hydrogen) atoms. The van der Waals surface area contributed by atoms with Gasteiger partial charge in [0.2, 0.25) is 5.91 Å². The highest BCUT2D eigenvalue weighted by Crippen LogP contribution is 2.30. The van der Waals surface area contributed by atoms with E-state index in [0.29, 0.717) is 18.6 Å². The number of hydrogen-bond acceptors (Lipinski definition) is 4. The number of hydrogen-bond donors (Lipinski definition) is 2. The van der Waals surface area contributed by atoms with Gasteiger partial charge in [-0.1, -0.05) is 11.6 Å². The molecule has 116 valence electrons. The Morgan fingerprint density at radius 2 is 2.00 bits per heavy atom. The minimum Gasteiger partial charge on any atom is -0.481 e. The average Bonchev–Trinajstić information content (AvgIpc) is 2.78. The van der Waals surface area contributed by atoms with E-state index in [1.165, 1.54) is 0 Å². The fraction of sp³-hybridized carbons (Fsp3) is 0.667. The van der Waals surface area contributed by atoms with Gasteiger partial charge in [-0.3, -0.25) is 9.59 Å². The van der Waals surface area contributed by atoms with Crippen molar-refractivity contribution in [1.82, 2.24) is 10.5 Å². The monoisotopic (exact) mass is 294 g/mol. The second kappa shape index (κ2) is 6.28. The van der Waals surface area contributed by atoms with Crippen LogP contribution in [0.1, 0.15) is 55.7 Å². The molecule has 1 fully saturated rings. The van der Waals surface area contributed by atoms with E-state index in [0.717, 1.165) is 24.1 Å². The van der Waals surface area contributed by atoms with E-state index in [9.17, 15) is 9.59 Å². The molecule has 0 radical (unpaired) electrons. The molecule has 1 aliphatic carbocycles. The van der Waals surface area contributed by atoms with Crippen molar-refractivity contribution in [1.29, 1.82) is 0 Å². The van der Waals surface area contributed by atoms with Crippen molar-refractivity contribution in [2.75, 3.05) is 0 Å². The maximum Gasteiger partial charge on any atom is 0.306 e. The molecule has 1 heterocycles. The summed E-state index contributed by atoms with van der Waals surface area (Å²) in [5.74, 6) is -0.793. The van der Waals surface area contributed by atoms with Crippen molar-refractivity contribution in [2.45, 2.75) is 52.5 Å². The van der Waals surface area contributed by atoms with Gasteiger partial charge in [0.25, 0.3) is 0 Å². The number of aliphatic carboxylic acids is 1. The molecule has 1 aliphatic rings. The molecule has 1 aromatic heterocycles. The summed E-state index contributed by atoms with van der Waals surface area (Å²) >= 11 is 0. The number of aromatic nitrogens is 1. The molecule has 0 aromatic carbocycles. The van der Waals surface area contributed by atoms with Crippen molar-refractivity contribution < 1.29 is 19.2 Å². The third-order valence-corrected chi connectivity index (χ3v) is 4.27. The van der Waals surface area contributed by atoms with Crippen LogP contribution in [0.4, 0.5) is 0 Å². The lowest BCUT2D eigenvalue weighted by Crippen LogP contribution is -2.36. The number of nitrogens with zero attached hydrogens (tertiary/aromatic N) is 1. The Balaban J connectivity index is 1.99. The molecule has 1 amide bonds. The molecule has 2 N–H and O–H groups in total. The number of amides is 1. The Kier molecular flexibility index (Phi) is 4.65. The third kappa shape index (κ3) is 3.43. The minimum atomic E-state index is -0.800. The lowest BCUT2D eigenvalue weighted by Gasteiger charge is -2.27. The van der Waals surface area contributed by atoms with Crippen LogP contribution >= 0.6 is 0 Å². The molecule has 0 spiro atoms. The topological polar surface area (TPSA) is 92.4 Å². The molecule has 0 bridgehead atoms. The zero-order valence-corrected chi connectivity index (χ0v) is 12.7. The van der Waals surface area contributed by atoms with Crippen LogP contribution in [0.2, 0.25) is 0 Å². The SMILES string of the molecule is Cc1noc(C)c1[C@H](C)NC(=O)[C@@H]1CCC[C@H](C(=O)O)C1. The Morgan fingerprint density at radius 3 is 2.57 bits per heavy atom. The Hall–Kier alpha value is -1.85. The smallest absolute Gasteiger partial charge is 0.306 e. The van der Waals surface area contributed by atoms with Crippen molar-refractivity contribution in [2.24, 2.45) is 11.8 Å². The Labute approximate surface area is 123 Å². The predicted molar refractivity (Wildman–Crippen MR) is 75.6 cm³/mol. The number of carbonyl (C=O) groups is 2. The third-order valence-electron chi connectivity index (χ3n) is 4.27. The highest BCUT2D eigenvalue weighted by Gasteiger charge is 2.32. The van der Waals surface area contributed by atoms with Gasteiger partial charge in [0.15, 0.2) is 0 Å². The van der Waals surface area contributed by atoms with Gasteiger partial charge in [-0.05, 0) is 40.0 Å². The van der Waals surface area contributed by atoms with Gasteiger partial charge in [-0.15, -0.1) is 0 Å². The maximum atomic E-state index is 12.3. The van der Waals surface area contributed by atoms with E-state index in [1.807, 2.05) is 20.8 Å². The van der Waals surface area contributed by atoms with Crippen LogP contribution < -0.4 is 5.32 Å². The first kappa shape index (κ1) is 15.5. The second-order valence-electron chi connectivity index (χ2n) is 5.87. The fourth-order valence-corrected chi connectivity index (χ4v) is 3.16. The van der Waals surface area contributed by atoms with Crippen LogP contribution in [0.3, 0.4) is 0 Å². The van der Waals surface area contributed by atoms with Crippen LogP contribution in [-0.2, 0) is 9.59 Å². The zero-order valence-electron chi connectivity index (χ0n) is 12.7. The molecular formula is C15H22N2O4. The minimum absolute atomic E-state index is 0.0755. The molecule has 0 unspecified atom stereocenters. The highest BCUT2D eigenvalue weighted by atomic mass is 16.5. The summed E-state index contributed by atoms with van der Waals surface area (Å²) in [6.45, 7) is 5.55. The number of aryl methyl sites for hydroxylation is 2. The lowest BCUT2D eigenvalue weighted by molar-refractivity contribution is -0.144. The zero-order chi connectivity index (χ0) is 15.6. The number of carboxylic acids is 1. The summed E-state index contributed by atoms with van der Waals surface area (Å²) in [6, 6.07) is -0.186. The van der Waals surface area contributed by atoms with Crippen LogP contribution in [0, 0.1) is 25.7 Å². The van der Waals surface area contributed by atoms with Gasteiger partial charge in [0.05, 0.1) is 17.7 Å². The quantitative estimate of drug-likeness (QED) is 0.889. The normalized spacial score (nSPS) is 23.6. The van der Waals surface area contributed by atoms with E-state index in [1.54, 1.807) is 0 Å². The summed E-state index contributed by atoms with van der Waals surface area (Å²) in [5.41, 5.74) is 1.67. The average molecular weight is 294 g/mol. The van der Waals surface area contributed by atoms with Crippen LogP contribution in [0.25, 0.3) is 0 Å². The first-order valence-corrected chi connectivity index (χ1v) is 7.36. The van der Waals surface area contributed by atoms with Crippen LogP contribution in [0.5, 0.6) is 0 Å². The molecule has 6 nitrogen and oxygen atoms in total. The van der Waals surface area contributed by atoms with Crippen molar-refractivity contribution >= 4 is 11.9 Å². The van der Waals surface area contributed by atoms with Crippen molar-refractivity contribution in [3.63, 3.8) is 0 Å². The summed E-state index contributed by atoms with van der Waals surface area (Å²) in [5, 5.41) is 15.9. The van der Waals surface area contributed by atoms with Gasteiger partial charge in [-0.25, -0.2) is 0 Å². The first-order chi connectivity index (χ1) is 9.90. The van der Waals surface area contributed by atoms with Gasteiger partial charge >= 0.3 is 5.97 Å². The molecule has 1 aromatic rings. The summed E-state index contributed by atoms with van der Waals surface area (Å²) in [4.78, 5) is 23.4. The molecule has 2 rings (SSSR count). The van der Waals surface area contributed by atoms with Crippen LogP contribution in [-0.4, -0.2) is 22.1 Å². The second-order valence-corrected chi connectivity index (χ2v) is 5.87. The van der Waals surface area contributed by atoms with Gasteiger partial charge in [-0.2, -0.15) is 0 Å². The standard InChI is InChI=1S/C15H22N2O4/c1-8(13-9(2)17-21-10(13)3)16-14(18)11-5-4-6-12(7-11)15(19)20/h8,11-12H,4-7H2,1-3H3,(H,16,18)(H,19,20)/t8-,11+,12-/m0/s1. The maximum absolute atomic E-state index is 12.3. The van der Waals surface area contributed by atoms with Crippen LogP contribution in [0.15, 0.2) is 4.52 Å². The van der Waals surface area contributed by atoms with Crippen molar-refractivity contribution in [3.05, 3.63) is 17.0 Å². The number of carboxylic acid groups (broad SMARTS) is 1. The molecule has 6 heteroatoms. The molecule has 0 aliphatic heterocycles. The van der Waals surface area contributed by atoms with Crippen molar-refractivity contribution in [3.8, 4) is 0 Å².